The zero-order valence-electron chi connectivity index (χ0n) is 27.3. The Morgan fingerprint density at radius 1 is 0.580 bits per heavy atom. The monoisotopic (exact) mass is 641 g/mol. The van der Waals surface area contributed by atoms with E-state index >= 15 is 0 Å². The fraction of sp³-hybridized carbons (Fsp3) is 0.0435. The van der Waals surface area contributed by atoms with Crippen LogP contribution in [-0.4, -0.2) is 9.97 Å². The highest BCUT2D eigenvalue weighted by atomic mass is 16.3. The van der Waals surface area contributed by atoms with Crippen molar-refractivity contribution in [3.8, 4) is 44.8 Å². The molecule has 4 heteroatoms. The fourth-order valence-electron chi connectivity index (χ4n) is 7.52. The van der Waals surface area contributed by atoms with Gasteiger partial charge in [-0.05, 0) is 58.5 Å². The van der Waals surface area contributed by atoms with Gasteiger partial charge in [-0.15, -0.1) is 0 Å². The van der Waals surface area contributed by atoms with Gasteiger partial charge in [-0.2, -0.15) is 0 Å². The van der Waals surface area contributed by atoms with Crippen LogP contribution >= 0.6 is 0 Å². The number of para-hydroxylation sites is 2. The van der Waals surface area contributed by atoms with Crippen molar-refractivity contribution in [1.82, 2.24) is 9.97 Å². The van der Waals surface area contributed by atoms with Crippen molar-refractivity contribution in [2.75, 3.05) is 4.90 Å². The first-order chi connectivity index (χ1) is 24.8. The molecule has 6 aromatic carbocycles. The van der Waals surface area contributed by atoms with Crippen LogP contribution in [0, 0.1) is 0 Å². The average Bonchev–Trinajstić information content (AvgIpc) is 3.52. The van der Waals surface area contributed by atoms with Crippen LogP contribution in [0.25, 0.3) is 72.1 Å². The van der Waals surface area contributed by atoms with Gasteiger partial charge in [0.2, 0.25) is 0 Å². The molecule has 0 N–H and O–H groups in total. The van der Waals surface area contributed by atoms with E-state index in [1.165, 1.54) is 11.1 Å². The first-order valence-corrected chi connectivity index (χ1v) is 17.1. The number of hydrogen-bond donors (Lipinski definition) is 0. The largest absolute Gasteiger partial charge is 0.455 e. The summed E-state index contributed by atoms with van der Waals surface area (Å²) in [6.07, 6.45) is 8.34. The number of hydrogen-bond acceptors (Lipinski definition) is 4. The predicted octanol–water partition coefficient (Wildman–Crippen LogP) is 12.6. The molecule has 0 amide bonds. The summed E-state index contributed by atoms with van der Waals surface area (Å²) in [5, 5.41) is 3.39. The number of rotatable bonds is 4. The third-order valence-electron chi connectivity index (χ3n) is 9.92. The van der Waals surface area contributed by atoms with E-state index in [1.54, 1.807) is 0 Å². The van der Waals surface area contributed by atoms with Crippen LogP contribution in [0.15, 0.2) is 168 Å². The Morgan fingerprint density at radius 2 is 1.32 bits per heavy atom. The number of nitrogens with zero attached hydrogens (tertiary/aromatic N) is 3. The summed E-state index contributed by atoms with van der Waals surface area (Å²) >= 11 is 0. The molecule has 0 bridgehead atoms. The highest BCUT2D eigenvalue weighted by Gasteiger charge is 2.32. The van der Waals surface area contributed by atoms with Gasteiger partial charge in [0.1, 0.15) is 17.2 Å². The molecule has 50 heavy (non-hydrogen) atoms. The lowest BCUT2D eigenvalue weighted by Gasteiger charge is -2.27. The highest BCUT2D eigenvalue weighted by molar-refractivity contribution is 6.15. The van der Waals surface area contributed by atoms with Gasteiger partial charge < -0.3 is 4.42 Å². The van der Waals surface area contributed by atoms with Crippen LogP contribution in [0.5, 0.6) is 0 Å². The molecular weight excluding hydrogens is 611 g/mol. The predicted molar refractivity (Wildman–Crippen MR) is 206 cm³/mol. The average molecular weight is 642 g/mol. The van der Waals surface area contributed by atoms with Gasteiger partial charge in [-0.1, -0.05) is 140 Å². The Kier molecular flexibility index (Phi) is 6.59. The maximum Gasteiger partial charge on any atom is 0.158 e. The van der Waals surface area contributed by atoms with Gasteiger partial charge in [0.05, 0.1) is 17.1 Å². The van der Waals surface area contributed by atoms with Gasteiger partial charge in [0.15, 0.2) is 5.82 Å². The number of aromatic nitrogens is 2. The third-order valence-corrected chi connectivity index (χ3v) is 9.92. The van der Waals surface area contributed by atoms with E-state index in [0.29, 0.717) is 0 Å². The minimum absolute atomic E-state index is 0.750. The van der Waals surface area contributed by atoms with E-state index < -0.39 is 0 Å². The Morgan fingerprint density at radius 3 is 2.18 bits per heavy atom. The Labute approximate surface area is 290 Å². The Bertz CT molecular complexity index is 2650. The van der Waals surface area contributed by atoms with Crippen LogP contribution < -0.4 is 4.90 Å². The molecule has 0 unspecified atom stereocenters. The molecular formula is C46H31N3O. The first kappa shape index (κ1) is 28.5. The van der Waals surface area contributed by atoms with Crippen LogP contribution in [0.2, 0.25) is 0 Å². The van der Waals surface area contributed by atoms with E-state index in [1.807, 2.05) is 12.1 Å². The maximum absolute atomic E-state index is 6.83. The van der Waals surface area contributed by atoms with E-state index in [9.17, 15) is 0 Å². The summed E-state index contributed by atoms with van der Waals surface area (Å²) in [5.74, 6) is 2.44. The summed E-state index contributed by atoms with van der Waals surface area (Å²) in [6.45, 7) is 0. The molecule has 0 fully saturated rings. The van der Waals surface area contributed by atoms with Crippen molar-refractivity contribution in [2.45, 2.75) is 12.8 Å². The zero-order chi connectivity index (χ0) is 33.0. The fourth-order valence-corrected chi connectivity index (χ4v) is 7.52. The summed E-state index contributed by atoms with van der Waals surface area (Å²) in [5.41, 5.74) is 11.6. The number of benzene rings is 6. The molecule has 8 aromatic rings. The molecule has 10 rings (SSSR count). The second kappa shape index (κ2) is 11.6. The first-order valence-electron chi connectivity index (χ1n) is 17.1. The molecule has 0 spiro atoms. The smallest absolute Gasteiger partial charge is 0.158 e. The molecule has 4 nitrogen and oxygen atoms in total. The SMILES string of the molecule is C1=CCCC(c2nc(-c3ccc(-c4ccccc4)cc3)cc(N3c4ccccc4-c4c(oc5ccccc45)-c4c3ccc3ccccc43)n2)=C1. The third kappa shape index (κ3) is 4.61. The number of allylic oxidation sites excluding steroid dienone is 4. The molecule has 1 aliphatic carbocycles. The molecule has 2 aliphatic rings. The van der Waals surface area contributed by atoms with Crippen LogP contribution in [0.3, 0.4) is 0 Å². The van der Waals surface area contributed by atoms with Crippen molar-refractivity contribution >= 4 is 44.5 Å². The second-order valence-electron chi connectivity index (χ2n) is 12.9. The van der Waals surface area contributed by atoms with Gasteiger partial charge in [-0.3, -0.25) is 4.90 Å². The van der Waals surface area contributed by atoms with Gasteiger partial charge >= 0.3 is 0 Å². The normalized spacial score (nSPS) is 13.4. The number of fused-ring (bicyclic) bond motifs is 9. The van der Waals surface area contributed by atoms with Gasteiger partial charge in [0, 0.05) is 33.7 Å². The molecule has 0 atom stereocenters. The summed E-state index contributed by atoms with van der Waals surface area (Å²) in [4.78, 5) is 12.9. The quantitative estimate of drug-likeness (QED) is 0.192. The van der Waals surface area contributed by atoms with Crippen LogP contribution in [0.4, 0.5) is 17.2 Å². The zero-order valence-corrected chi connectivity index (χ0v) is 27.3. The molecule has 0 radical (unpaired) electrons. The van der Waals surface area contributed by atoms with Crippen molar-refractivity contribution in [3.63, 3.8) is 0 Å². The summed E-state index contributed by atoms with van der Waals surface area (Å²) in [7, 11) is 0. The van der Waals surface area contributed by atoms with Crippen molar-refractivity contribution < 1.29 is 4.42 Å². The van der Waals surface area contributed by atoms with Crippen LogP contribution in [-0.2, 0) is 0 Å². The lowest BCUT2D eigenvalue weighted by molar-refractivity contribution is 0.633. The summed E-state index contributed by atoms with van der Waals surface area (Å²) < 4.78 is 6.83. The molecule has 236 valence electrons. The van der Waals surface area contributed by atoms with Gasteiger partial charge in [0.25, 0.3) is 0 Å². The lowest BCUT2D eigenvalue weighted by Crippen LogP contribution is -2.14. The minimum Gasteiger partial charge on any atom is -0.455 e. The second-order valence-corrected chi connectivity index (χ2v) is 12.9. The maximum atomic E-state index is 6.83. The summed E-state index contributed by atoms with van der Waals surface area (Å²) in [6, 6.07) is 51.3. The van der Waals surface area contributed by atoms with E-state index in [-0.39, 0.29) is 0 Å². The molecule has 0 saturated carbocycles. The minimum atomic E-state index is 0.750. The van der Waals surface area contributed by atoms with Crippen molar-refractivity contribution in [1.29, 1.82) is 0 Å². The van der Waals surface area contributed by atoms with E-state index in [2.05, 4.69) is 157 Å². The van der Waals surface area contributed by atoms with Crippen LogP contribution in [0.1, 0.15) is 18.7 Å². The lowest BCUT2D eigenvalue weighted by atomic mass is 9.95. The molecule has 2 aromatic heterocycles. The van der Waals surface area contributed by atoms with E-state index in [0.717, 1.165) is 96.9 Å². The molecule has 0 saturated heterocycles. The Hall–Kier alpha value is -6.52. The van der Waals surface area contributed by atoms with Crippen molar-refractivity contribution in [3.05, 3.63) is 170 Å². The van der Waals surface area contributed by atoms with Gasteiger partial charge in [-0.25, -0.2) is 9.97 Å². The number of furan rings is 1. The highest BCUT2D eigenvalue weighted by Crippen LogP contribution is 2.55. The Balaban J connectivity index is 1.25. The topological polar surface area (TPSA) is 42.2 Å². The van der Waals surface area contributed by atoms with Crippen molar-refractivity contribution in [2.24, 2.45) is 0 Å². The van der Waals surface area contributed by atoms with E-state index in [4.69, 9.17) is 14.4 Å². The number of anilines is 3. The standard InChI is InChI=1S/C46H31N3O/c1-3-13-30(14-4-1)31-23-25-33(26-24-31)38-29-42(48-46(47-38)34-16-5-2-6-17-34)49-39-21-11-9-19-36(39)43-37-20-10-12-22-41(37)50-45(43)44-35-18-8-7-15-32(35)27-28-40(44)49/h1-5,7-16,18-29H,6,17H2. The molecule has 1 aliphatic heterocycles. The molecule has 3 heterocycles.